The van der Waals surface area contributed by atoms with Crippen molar-refractivity contribution in [2.75, 3.05) is 13.2 Å². The fraction of sp³-hybridized carbons (Fsp3) is 0.500. The molecule has 16 heavy (non-hydrogen) atoms. The molecular formula is C12H18ClNO2. The van der Waals surface area contributed by atoms with E-state index in [4.69, 9.17) is 21.4 Å². The Hall–Kier alpha value is -0.770. The number of nitrogens with one attached hydrogen (secondary N) is 1. The van der Waals surface area contributed by atoms with Crippen molar-refractivity contribution in [3.63, 3.8) is 0 Å². The number of hydrogen-bond acceptors (Lipinski definition) is 3. The number of aliphatic hydroxyl groups excluding tert-OH is 1. The van der Waals surface area contributed by atoms with Gasteiger partial charge in [-0.1, -0.05) is 31.5 Å². The average Bonchev–Trinajstić information content (AvgIpc) is 2.25. The van der Waals surface area contributed by atoms with Gasteiger partial charge in [0, 0.05) is 12.6 Å². The maximum atomic E-state index is 8.64. The molecule has 1 aromatic carbocycles. The van der Waals surface area contributed by atoms with E-state index in [0.29, 0.717) is 16.8 Å². The van der Waals surface area contributed by atoms with E-state index in [1.54, 1.807) is 0 Å². The van der Waals surface area contributed by atoms with E-state index in [0.717, 1.165) is 12.1 Å². The summed E-state index contributed by atoms with van der Waals surface area (Å²) in [4.78, 5) is 0. The van der Waals surface area contributed by atoms with Crippen LogP contribution < -0.4 is 10.1 Å². The van der Waals surface area contributed by atoms with Crippen LogP contribution in [0.5, 0.6) is 5.75 Å². The van der Waals surface area contributed by atoms with Crippen LogP contribution in [0.25, 0.3) is 0 Å². The van der Waals surface area contributed by atoms with E-state index < -0.39 is 0 Å². The molecule has 3 nitrogen and oxygen atoms in total. The third-order valence-electron chi connectivity index (χ3n) is 2.06. The highest BCUT2D eigenvalue weighted by Crippen LogP contribution is 2.25. The molecule has 1 aromatic rings. The third kappa shape index (κ3) is 4.39. The number of aliphatic hydroxyl groups is 1. The highest BCUT2D eigenvalue weighted by atomic mass is 35.5. The Labute approximate surface area is 101 Å². The van der Waals surface area contributed by atoms with Gasteiger partial charge in [-0.05, 0) is 17.7 Å². The van der Waals surface area contributed by atoms with Crippen molar-refractivity contribution in [3.8, 4) is 5.75 Å². The molecule has 90 valence electrons. The second-order valence-corrected chi connectivity index (χ2v) is 4.28. The van der Waals surface area contributed by atoms with Crippen LogP contribution in [0.3, 0.4) is 0 Å². The van der Waals surface area contributed by atoms with Gasteiger partial charge in [0.15, 0.2) is 0 Å². The lowest BCUT2D eigenvalue weighted by Crippen LogP contribution is -2.21. The normalized spacial score (nSPS) is 10.8. The van der Waals surface area contributed by atoms with Crippen LogP contribution in [0.4, 0.5) is 0 Å². The molecule has 0 fully saturated rings. The van der Waals surface area contributed by atoms with Crippen molar-refractivity contribution in [1.82, 2.24) is 5.32 Å². The largest absolute Gasteiger partial charge is 0.490 e. The van der Waals surface area contributed by atoms with E-state index >= 15 is 0 Å². The van der Waals surface area contributed by atoms with Gasteiger partial charge < -0.3 is 15.2 Å². The molecule has 0 bridgehead atoms. The monoisotopic (exact) mass is 243 g/mol. The summed E-state index contributed by atoms with van der Waals surface area (Å²) in [5.74, 6) is 0.615. The standard InChI is InChI=1S/C12H18ClNO2/c1-9(2)14-8-10-3-4-12(11(13)7-10)16-6-5-15/h3-4,7,9,14-15H,5-6,8H2,1-2H3. The Kier molecular flexibility index (Phi) is 5.60. The van der Waals surface area contributed by atoms with Crippen LogP contribution >= 0.6 is 11.6 Å². The molecule has 0 unspecified atom stereocenters. The molecule has 0 amide bonds. The Balaban J connectivity index is 2.59. The minimum atomic E-state index is -0.00696. The van der Waals surface area contributed by atoms with E-state index in [2.05, 4.69) is 19.2 Å². The van der Waals surface area contributed by atoms with Crippen molar-refractivity contribution in [1.29, 1.82) is 0 Å². The minimum Gasteiger partial charge on any atom is -0.490 e. The predicted octanol–water partition coefficient (Wildman–Crippen LogP) is 2.21. The molecule has 0 aromatic heterocycles. The molecule has 0 spiro atoms. The van der Waals surface area contributed by atoms with E-state index in [1.807, 2.05) is 18.2 Å². The van der Waals surface area contributed by atoms with E-state index in [-0.39, 0.29) is 13.2 Å². The molecular weight excluding hydrogens is 226 g/mol. The van der Waals surface area contributed by atoms with Crippen molar-refractivity contribution >= 4 is 11.6 Å². The van der Waals surface area contributed by atoms with Crippen LogP contribution in [-0.2, 0) is 6.54 Å². The Bertz CT molecular complexity index is 329. The zero-order chi connectivity index (χ0) is 12.0. The Morgan fingerprint density at radius 1 is 1.44 bits per heavy atom. The van der Waals surface area contributed by atoms with Crippen molar-refractivity contribution in [2.45, 2.75) is 26.4 Å². The molecule has 0 aliphatic heterocycles. The smallest absolute Gasteiger partial charge is 0.138 e. The molecule has 1 rings (SSSR count). The summed E-state index contributed by atoms with van der Waals surface area (Å²) in [6.07, 6.45) is 0. The highest BCUT2D eigenvalue weighted by molar-refractivity contribution is 6.32. The maximum absolute atomic E-state index is 8.64. The van der Waals surface area contributed by atoms with Crippen LogP contribution in [0, 0.1) is 0 Å². The van der Waals surface area contributed by atoms with Gasteiger partial charge in [-0.2, -0.15) is 0 Å². The number of hydrogen-bond donors (Lipinski definition) is 2. The van der Waals surface area contributed by atoms with Gasteiger partial charge in [0.2, 0.25) is 0 Å². The molecule has 0 atom stereocenters. The molecule has 0 saturated heterocycles. The van der Waals surface area contributed by atoms with Crippen LogP contribution in [0.15, 0.2) is 18.2 Å². The lowest BCUT2D eigenvalue weighted by atomic mass is 10.2. The minimum absolute atomic E-state index is 0.00696. The van der Waals surface area contributed by atoms with Crippen LogP contribution in [0.1, 0.15) is 19.4 Å². The first-order valence-corrected chi connectivity index (χ1v) is 5.76. The molecule has 0 aliphatic carbocycles. The second-order valence-electron chi connectivity index (χ2n) is 3.87. The Morgan fingerprint density at radius 2 is 2.19 bits per heavy atom. The number of benzene rings is 1. The van der Waals surface area contributed by atoms with Gasteiger partial charge in [-0.25, -0.2) is 0 Å². The summed E-state index contributed by atoms with van der Waals surface area (Å²) in [5.41, 5.74) is 1.12. The quantitative estimate of drug-likeness (QED) is 0.805. The SMILES string of the molecule is CC(C)NCc1ccc(OCCO)c(Cl)c1. The van der Waals surface area contributed by atoms with E-state index in [1.165, 1.54) is 0 Å². The number of ether oxygens (including phenoxy) is 1. The molecule has 0 saturated carbocycles. The molecule has 4 heteroatoms. The van der Waals surface area contributed by atoms with Gasteiger partial charge in [-0.15, -0.1) is 0 Å². The van der Waals surface area contributed by atoms with Gasteiger partial charge in [0.1, 0.15) is 12.4 Å². The first-order chi connectivity index (χ1) is 7.63. The van der Waals surface area contributed by atoms with Crippen LogP contribution in [-0.4, -0.2) is 24.4 Å². The van der Waals surface area contributed by atoms with Crippen molar-refractivity contribution in [2.24, 2.45) is 0 Å². The predicted molar refractivity (Wildman–Crippen MR) is 66.0 cm³/mol. The van der Waals surface area contributed by atoms with Gasteiger partial charge in [-0.3, -0.25) is 0 Å². The lowest BCUT2D eigenvalue weighted by Gasteiger charge is -2.10. The van der Waals surface area contributed by atoms with E-state index in [9.17, 15) is 0 Å². The Morgan fingerprint density at radius 3 is 2.75 bits per heavy atom. The summed E-state index contributed by atoms with van der Waals surface area (Å²) in [6, 6.07) is 6.12. The number of halogens is 1. The van der Waals surface area contributed by atoms with Crippen molar-refractivity contribution < 1.29 is 9.84 Å². The molecule has 0 aliphatic rings. The fourth-order valence-electron chi connectivity index (χ4n) is 1.25. The molecule has 0 heterocycles. The van der Waals surface area contributed by atoms with Gasteiger partial charge >= 0.3 is 0 Å². The first-order valence-electron chi connectivity index (χ1n) is 5.39. The summed E-state index contributed by atoms with van der Waals surface area (Å²) in [6.45, 7) is 5.24. The summed E-state index contributed by atoms with van der Waals surface area (Å²) in [5, 5.41) is 12.5. The lowest BCUT2D eigenvalue weighted by molar-refractivity contribution is 0.201. The molecule has 2 N–H and O–H groups in total. The van der Waals surface area contributed by atoms with Gasteiger partial charge in [0.25, 0.3) is 0 Å². The fourth-order valence-corrected chi connectivity index (χ4v) is 1.51. The summed E-state index contributed by atoms with van der Waals surface area (Å²) >= 11 is 6.05. The molecule has 0 radical (unpaired) electrons. The van der Waals surface area contributed by atoms with Crippen molar-refractivity contribution in [3.05, 3.63) is 28.8 Å². The highest BCUT2D eigenvalue weighted by Gasteiger charge is 2.03. The topological polar surface area (TPSA) is 41.5 Å². The number of rotatable bonds is 6. The average molecular weight is 244 g/mol. The zero-order valence-corrected chi connectivity index (χ0v) is 10.4. The second kappa shape index (κ2) is 6.74. The maximum Gasteiger partial charge on any atom is 0.138 e. The third-order valence-corrected chi connectivity index (χ3v) is 2.35. The van der Waals surface area contributed by atoms with Crippen LogP contribution in [0.2, 0.25) is 5.02 Å². The summed E-state index contributed by atoms with van der Waals surface area (Å²) in [7, 11) is 0. The summed E-state index contributed by atoms with van der Waals surface area (Å²) < 4.78 is 5.26. The van der Waals surface area contributed by atoms with Gasteiger partial charge in [0.05, 0.1) is 11.6 Å². The first kappa shape index (κ1) is 13.3. The zero-order valence-electron chi connectivity index (χ0n) is 9.66.